The van der Waals surface area contributed by atoms with Crippen molar-refractivity contribution in [1.82, 2.24) is 20.1 Å². The number of carbonyl (C=O) groups excluding carboxylic acids is 2. The molecule has 28 heavy (non-hydrogen) atoms. The highest BCUT2D eigenvalue weighted by Gasteiger charge is 2.33. The van der Waals surface area contributed by atoms with Gasteiger partial charge in [0.1, 0.15) is 5.69 Å². The molecule has 0 spiro atoms. The fourth-order valence-corrected chi connectivity index (χ4v) is 5.55. The van der Waals surface area contributed by atoms with E-state index in [1.54, 1.807) is 6.20 Å². The van der Waals surface area contributed by atoms with Crippen LogP contribution in [-0.2, 0) is 4.74 Å². The van der Waals surface area contributed by atoms with Crippen molar-refractivity contribution in [3.63, 3.8) is 0 Å². The maximum Gasteiger partial charge on any atom is 0.270 e. The number of aromatic nitrogens is 1. The predicted molar refractivity (Wildman–Crippen MR) is 107 cm³/mol. The Bertz CT molecular complexity index is 896. The number of nitrogens with one attached hydrogen (secondary N) is 1. The first-order valence-electron chi connectivity index (χ1n) is 9.95. The Hall–Kier alpha value is -2.03. The topological polar surface area (TPSA) is 74.8 Å². The lowest BCUT2D eigenvalue weighted by molar-refractivity contribution is 0.0306. The third kappa shape index (κ3) is 3.52. The number of thiophene rings is 1. The fraction of sp³-hybridized carbons (Fsp3) is 0.550. The van der Waals surface area contributed by atoms with Crippen molar-refractivity contribution >= 4 is 33.2 Å². The number of ether oxygens (including phenoxy) is 1. The van der Waals surface area contributed by atoms with Crippen molar-refractivity contribution in [3.8, 4) is 0 Å². The highest BCUT2D eigenvalue weighted by atomic mass is 32.1. The van der Waals surface area contributed by atoms with Crippen molar-refractivity contribution in [2.24, 2.45) is 5.92 Å². The minimum Gasteiger partial charge on any atom is -0.378 e. The van der Waals surface area contributed by atoms with E-state index in [-0.39, 0.29) is 17.9 Å². The van der Waals surface area contributed by atoms with Crippen LogP contribution in [0, 0.1) is 5.92 Å². The summed E-state index contributed by atoms with van der Waals surface area (Å²) < 4.78 is 6.24. The van der Waals surface area contributed by atoms with Gasteiger partial charge in [-0.2, -0.15) is 0 Å². The second-order valence-corrected chi connectivity index (χ2v) is 9.03. The Morgan fingerprint density at radius 2 is 2.04 bits per heavy atom. The number of carbonyl (C=O) groups is 2. The van der Waals surface area contributed by atoms with Gasteiger partial charge in [-0.1, -0.05) is 0 Å². The number of morpholine rings is 1. The summed E-state index contributed by atoms with van der Waals surface area (Å²) in [5.41, 5.74) is 0.424. The molecule has 5 rings (SSSR count). The van der Waals surface area contributed by atoms with Crippen LogP contribution in [0.3, 0.4) is 0 Å². The second-order valence-electron chi connectivity index (χ2n) is 7.94. The van der Waals surface area contributed by atoms with Crippen molar-refractivity contribution in [1.29, 1.82) is 0 Å². The van der Waals surface area contributed by atoms with E-state index in [2.05, 4.69) is 15.2 Å². The zero-order valence-electron chi connectivity index (χ0n) is 15.7. The van der Waals surface area contributed by atoms with Crippen molar-refractivity contribution in [2.75, 3.05) is 45.9 Å². The number of fused-ring (bicyclic) bond motifs is 3. The van der Waals surface area contributed by atoms with Gasteiger partial charge in [0.15, 0.2) is 0 Å². The monoisotopic (exact) mass is 400 g/mol. The van der Waals surface area contributed by atoms with E-state index in [1.807, 2.05) is 17.0 Å². The van der Waals surface area contributed by atoms with E-state index < -0.39 is 0 Å². The van der Waals surface area contributed by atoms with Crippen LogP contribution in [0.25, 0.3) is 10.1 Å². The highest BCUT2D eigenvalue weighted by Crippen LogP contribution is 2.28. The predicted octanol–water partition coefficient (Wildman–Crippen LogP) is 1.59. The number of nitrogens with zero attached hydrogens (tertiary/aromatic N) is 3. The van der Waals surface area contributed by atoms with E-state index in [9.17, 15) is 9.59 Å². The van der Waals surface area contributed by atoms with Gasteiger partial charge >= 0.3 is 0 Å². The zero-order chi connectivity index (χ0) is 19.1. The molecule has 0 saturated carbocycles. The maximum atomic E-state index is 12.7. The molecule has 3 fully saturated rings. The van der Waals surface area contributed by atoms with Gasteiger partial charge in [-0.05, 0) is 37.4 Å². The summed E-state index contributed by atoms with van der Waals surface area (Å²) in [6, 6.07) is 3.88. The first kappa shape index (κ1) is 18.0. The molecule has 0 radical (unpaired) electrons. The highest BCUT2D eigenvalue weighted by molar-refractivity contribution is 7.20. The van der Waals surface area contributed by atoms with Gasteiger partial charge in [-0.3, -0.25) is 14.6 Å². The summed E-state index contributed by atoms with van der Waals surface area (Å²) in [6.45, 7) is 5.67. The summed E-state index contributed by atoms with van der Waals surface area (Å²) in [5.74, 6) is 0.617. The average Bonchev–Trinajstić information content (AvgIpc) is 3.30. The van der Waals surface area contributed by atoms with E-state index in [4.69, 9.17) is 4.74 Å². The zero-order valence-corrected chi connectivity index (χ0v) is 16.5. The molecule has 3 aliphatic heterocycles. The molecule has 1 unspecified atom stereocenters. The normalized spacial score (nSPS) is 27.1. The SMILES string of the molecule is O=C(N[C@@H]1C[C@H]2CCN(C2)C1)c1cc2sc(C(=O)N3CCOCC3)cc2cn1. The van der Waals surface area contributed by atoms with Crippen LogP contribution in [0.5, 0.6) is 0 Å². The van der Waals surface area contributed by atoms with Gasteiger partial charge in [0, 0.05) is 48.5 Å². The molecule has 148 valence electrons. The van der Waals surface area contributed by atoms with Crippen LogP contribution in [0.1, 0.15) is 33.0 Å². The standard InChI is InChI=1S/C20H24N4O3S/c25-19(22-15-7-13-1-2-23(11-13)12-15)16-9-17-14(10-21-16)8-18(28-17)20(26)24-3-5-27-6-4-24/h8-10,13,15H,1-7,11-12H2,(H,22,25)/t13-,15-/m1/s1. The molecular weight excluding hydrogens is 376 g/mol. The number of pyridine rings is 1. The van der Waals surface area contributed by atoms with Gasteiger partial charge < -0.3 is 19.9 Å². The van der Waals surface area contributed by atoms with Crippen LogP contribution in [-0.4, -0.2) is 78.6 Å². The third-order valence-corrected chi connectivity index (χ3v) is 7.03. The molecule has 0 aromatic carbocycles. The smallest absolute Gasteiger partial charge is 0.270 e. The lowest BCUT2D eigenvalue weighted by atomic mass is 9.97. The van der Waals surface area contributed by atoms with Gasteiger partial charge in [0.05, 0.1) is 18.1 Å². The van der Waals surface area contributed by atoms with Crippen LogP contribution in [0.2, 0.25) is 0 Å². The number of amides is 2. The number of hydrogen-bond acceptors (Lipinski definition) is 6. The number of hydrogen-bond donors (Lipinski definition) is 1. The molecule has 0 aliphatic carbocycles. The van der Waals surface area contributed by atoms with Crippen LogP contribution in [0.4, 0.5) is 0 Å². The molecule has 1 N–H and O–H groups in total. The molecule has 3 atom stereocenters. The van der Waals surface area contributed by atoms with E-state index in [1.165, 1.54) is 24.3 Å². The summed E-state index contributed by atoms with van der Waals surface area (Å²) >= 11 is 1.43. The van der Waals surface area contributed by atoms with E-state index >= 15 is 0 Å². The third-order valence-electron chi connectivity index (χ3n) is 5.94. The number of piperidine rings is 1. The van der Waals surface area contributed by atoms with Gasteiger partial charge in [-0.25, -0.2) is 0 Å². The minimum atomic E-state index is -0.121. The maximum absolute atomic E-state index is 12.7. The summed E-state index contributed by atoms with van der Waals surface area (Å²) in [7, 11) is 0. The summed E-state index contributed by atoms with van der Waals surface area (Å²) in [5, 5.41) is 4.06. The second kappa shape index (κ2) is 7.42. The lowest BCUT2D eigenvalue weighted by Crippen LogP contribution is -2.47. The summed E-state index contributed by atoms with van der Waals surface area (Å²) in [6.07, 6.45) is 4.00. The first-order valence-corrected chi connectivity index (χ1v) is 10.8. The molecular formula is C20H24N4O3S. The Morgan fingerprint density at radius 1 is 1.18 bits per heavy atom. The van der Waals surface area contributed by atoms with Gasteiger partial charge in [-0.15, -0.1) is 11.3 Å². The molecule has 2 aromatic heterocycles. The van der Waals surface area contributed by atoms with Gasteiger partial charge in [0.25, 0.3) is 11.8 Å². The first-order chi connectivity index (χ1) is 13.7. The minimum absolute atomic E-state index is 0.0298. The molecule has 7 nitrogen and oxygen atoms in total. The van der Waals surface area contributed by atoms with Crippen molar-refractivity contribution < 1.29 is 14.3 Å². The number of rotatable bonds is 3. The molecule has 3 saturated heterocycles. The van der Waals surface area contributed by atoms with E-state index in [0.29, 0.717) is 42.8 Å². The Kier molecular flexibility index (Phi) is 4.78. The van der Waals surface area contributed by atoms with Gasteiger partial charge in [0.2, 0.25) is 0 Å². The Morgan fingerprint density at radius 3 is 2.86 bits per heavy atom. The molecule has 5 heterocycles. The Balaban J connectivity index is 1.30. The lowest BCUT2D eigenvalue weighted by Gasteiger charge is -2.30. The quantitative estimate of drug-likeness (QED) is 0.847. The van der Waals surface area contributed by atoms with Crippen LogP contribution >= 0.6 is 11.3 Å². The largest absolute Gasteiger partial charge is 0.378 e. The molecule has 2 aromatic rings. The molecule has 2 bridgehead atoms. The van der Waals surface area contributed by atoms with E-state index in [0.717, 1.165) is 29.6 Å². The average molecular weight is 401 g/mol. The molecule has 2 amide bonds. The molecule has 3 aliphatic rings. The Labute approximate surface area is 167 Å². The van der Waals surface area contributed by atoms with Crippen molar-refractivity contribution in [2.45, 2.75) is 18.9 Å². The van der Waals surface area contributed by atoms with Crippen molar-refractivity contribution in [3.05, 3.63) is 28.9 Å². The molecule has 8 heteroatoms. The fourth-order valence-electron chi connectivity index (χ4n) is 4.51. The van der Waals surface area contributed by atoms with Crippen LogP contribution in [0.15, 0.2) is 18.3 Å². The van der Waals surface area contributed by atoms with Crippen LogP contribution < -0.4 is 5.32 Å². The summed E-state index contributed by atoms with van der Waals surface area (Å²) in [4.78, 5) is 34.7.